The minimum absolute atomic E-state index is 0.489. The summed E-state index contributed by atoms with van der Waals surface area (Å²) in [6.45, 7) is 0. The van der Waals surface area contributed by atoms with Crippen molar-refractivity contribution in [2.45, 2.75) is 6.18 Å². The Morgan fingerprint density at radius 1 is 1.00 bits per heavy atom. The molecule has 2 aromatic carbocycles. The summed E-state index contributed by atoms with van der Waals surface area (Å²) in [7, 11) is 0. The molecule has 6 heteroatoms. The largest absolute Gasteiger partial charge is 0.416 e. The molecule has 0 saturated heterocycles. The predicted molar refractivity (Wildman–Crippen MR) is 87.0 cm³/mol. The molecule has 2 aromatic rings. The Kier molecular flexibility index (Phi) is 4.59. The van der Waals surface area contributed by atoms with Gasteiger partial charge in [0.25, 0.3) is 0 Å². The third-order valence-corrected chi connectivity index (χ3v) is 4.15. The quantitative estimate of drug-likeness (QED) is 0.479. The van der Waals surface area contributed by atoms with Crippen LogP contribution >= 0.6 is 45.2 Å². The van der Waals surface area contributed by atoms with Crippen LogP contribution in [0.3, 0.4) is 0 Å². The summed E-state index contributed by atoms with van der Waals surface area (Å²) >= 11 is 3.96. The van der Waals surface area contributed by atoms with Crippen molar-refractivity contribution in [1.82, 2.24) is 0 Å². The molecule has 20 heavy (non-hydrogen) atoms. The second kappa shape index (κ2) is 5.89. The lowest BCUT2D eigenvalue weighted by atomic mass is 10.0. The third kappa shape index (κ3) is 3.44. The highest BCUT2D eigenvalue weighted by atomic mass is 127. The Morgan fingerprint density at radius 2 is 1.70 bits per heavy atom. The highest BCUT2D eigenvalue weighted by Gasteiger charge is 2.30. The molecular formula is C14H6F3I2N. The minimum atomic E-state index is -4.35. The molecule has 0 aliphatic carbocycles. The molecule has 1 nitrogen and oxygen atoms in total. The van der Waals surface area contributed by atoms with Gasteiger partial charge in [-0.1, -0.05) is 6.07 Å². The SMILES string of the molecule is N#Cc1cc(I)cc(-c2ccc(C(F)(F)F)cc2I)c1. The molecule has 0 heterocycles. The van der Waals surface area contributed by atoms with Gasteiger partial charge in [-0.25, -0.2) is 0 Å². The first-order valence-corrected chi connectivity index (χ1v) is 7.55. The molecule has 0 unspecified atom stereocenters. The summed E-state index contributed by atoms with van der Waals surface area (Å²) in [5, 5.41) is 8.95. The summed E-state index contributed by atoms with van der Waals surface area (Å²) in [6, 6.07) is 10.9. The lowest BCUT2D eigenvalue weighted by molar-refractivity contribution is -0.137. The van der Waals surface area contributed by atoms with Crippen molar-refractivity contribution < 1.29 is 13.2 Å². The maximum atomic E-state index is 12.6. The van der Waals surface area contributed by atoms with Crippen molar-refractivity contribution in [3.05, 3.63) is 54.7 Å². The molecule has 0 aromatic heterocycles. The topological polar surface area (TPSA) is 23.8 Å². The number of hydrogen-bond donors (Lipinski definition) is 0. The molecule has 0 N–H and O–H groups in total. The number of alkyl halides is 3. The summed E-state index contributed by atoms with van der Waals surface area (Å²) in [4.78, 5) is 0. The van der Waals surface area contributed by atoms with E-state index < -0.39 is 11.7 Å². The maximum absolute atomic E-state index is 12.6. The first-order valence-electron chi connectivity index (χ1n) is 5.39. The molecule has 0 aliphatic heterocycles. The highest BCUT2D eigenvalue weighted by Crippen LogP contribution is 2.34. The molecule has 0 bridgehead atoms. The monoisotopic (exact) mass is 499 g/mol. The van der Waals surface area contributed by atoms with Crippen LogP contribution in [0.1, 0.15) is 11.1 Å². The number of halogens is 5. The molecule has 0 fully saturated rings. The number of benzene rings is 2. The van der Waals surface area contributed by atoms with Crippen LogP contribution in [0.2, 0.25) is 0 Å². The van der Waals surface area contributed by atoms with Crippen LogP contribution in [0.25, 0.3) is 11.1 Å². The van der Waals surface area contributed by atoms with Crippen molar-refractivity contribution in [2.75, 3.05) is 0 Å². The number of rotatable bonds is 1. The molecule has 0 amide bonds. The molecular weight excluding hydrogens is 493 g/mol. The zero-order valence-electron chi connectivity index (χ0n) is 9.80. The molecule has 0 radical (unpaired) electrons. The van der Waals surface area contributed by atoms with Crippen LogP contribution in [0.4, 0.5) is 13.2 Å². The normalized spacial score (nSPS) is 11.2. The average molecular weight is 499 g/mol. The fourth-order valence-electron chi connectivity index (χ4n) is 1.74. The van der Waals surface area contributed by atoms with Gasteiger partial charge in [-0.05, 0) is 86.6 Å². The van der Waals surface area contributed by atoms with Crippen LogP contribution in [0.5, 0.6) is 0 Å². The lowest BCUT2D eigenvalue weighted by Gasteiger charge is -2.11. The Balaban J connectivity index is 2.55. The van der Waals surface area contributed by atoms with Crippen molar-refractivity contribution in [3.8, 4) is 17.2 Å². The van der Waals surface area contributed by atoms with Crippen LogP contribution in [0, 0.1) is 18.5 Å². The Morgan fingerprint density at radius 3 is 2.25 bits per heavy atom. The lowest BCUT2D eigenvalue weighted by Crippen LogP contribution is -2.05. The molecule has 0 aliphatic rings. The minimum Gasteiger partial charge on any atom is -0.192 e. The van der Waals surface area contributed by atoms with Crippen LogP contribution in [-0.2, 0) is 6.18 Å². The summed E-state index contributed by atoms with van der Waals surface area (Å²) < 4.78 is 39.3. The molecule has 102 valence electrons. The van der Waals surface area contributed by atoms with E-state index in [1.165, 1.54) is 6.07 Å². The van der Waals surface area contributed by atoms with E-state index in [4.69, 9.17) is 5.26 Å². The second-order valence-electron chi connectivity index (χ2n) is 4.03. The molecule has 0 atom stereocenters. The third-order valence-electron chi connectivity index (χ3n) is 2.63. The van der Waals surface area contributed by atoms with Gasteiger partial charge in [0.2, 0.25) is 0 Å². The van der Waals surface area contributed by atoms with Gasteiger partial charge in [-0.15, -0.1) is 0 Å². The van der Waals surface area contributed by atoms with Gasteiger partial charge in [0.15, 0.2) is 0 Å². The fraction of sp³-hybridized carbons (Fsp3) is 0.0714. The Labute approximate surface area is 141 Å². The predicted octanol–water partition coefficient (Wildman–Crippen LogP) is 5.45. The smallest absolute Gasteiger partial charge is 0.192 e. The molecule has 0 saturated carbocycles. The van der Waals surface area contributed by atoms with Crippen LogP contribution < -0.4 is 0 Å². The Bertz CT molecular complexity index is 703. The van der Waals surface area contributed by atoms with Gasteiger partial charge < -0.3 is 0 Å². The van der Waals surface area contributed by atoms with Crippen molar-refractivity contribution in [1.29, 1.82) is 5.26 Å². The summed E-state index contributed by atoms with van der Waals surface area (Å²) in [5.41, 5.74) is 1.25. The number of nitrogens with zero attached hydrogens (tertiary/aromatic N) is 1. The first kappa shape index (κ1) is 15.6. The van der Waals surface area contributed by atoms with Gasteiger partial charge in [-0.3, -0.25) is 0 Å². The second-order valence-corrected chi connectivity index (χ2v) is 6.44. The maximum Gasteiger partial charge on any atom is 0.416 e. The van der Waals surface area contributed by atoms with E-state index in [2.05, 4.69) is 22.6 Å². The van der Waals surface area contributed by atoms with E-state index in [0.29, 0.717) is 14.7 Å². The van der Waals surface area contributed by atoms with Gasteiger partial charge in [0.05, 0.1) is 17.2 Å². The van der Waals surface area contributed by atoms with E-state index in [-0.39, 0.29) is 0 Å². The van der Waals surface area contributed by atoms with Crippen molar-refractivity contribution >= 4 is 45.2 Å². The van der Waals surface area contributed by atoms with E-state index in [9.17, 15) is 13.2 Å². The first-order chi connectivity index (χ1) is 9.31. The van der Waals surface area contributed by atoms with E-state index in [0.717, 1.165) is 21.3 Å². The highest BCUT2D eigenvalue weighted by molar-refractivity contribution is 14.1. The number of nitriles is 1. The van der Waals surface area contributed by atoms with E-state index in [1.807, 2.05) is 34.7 Å². The standard InChI is InChI=1S/C14H6F3I2N/c15-14(16,17)10-1-2-12(13(19)6-10)9-3-8(7-20)4-11(18)5-9/h1-6H. The van der Waals surface area contributed by atoms with Gasteiger partial charge >= 0.3 is 6.18 Å². The van der Waals surface area contributed by atoms with Gasteiger partial charge in [0.1, 0.15) is 0 Å². The van der Waals surface area contributed by atoms with Gasteiger partial charge in [0, 0.05) is 7.14 Å². The van der Waals surface area contributed by atoms with Gasteiger partial charge in [-0.2, -0.15) is 18.4 Å². The number of hydrogen-bond acceptors (Lipinski definition) is 1. The van der Waals surface area contributed by atoms with Crippen molar-refractivity contribution in [2.24, 2.45) is 0 Å². The van der Waals surface area contributed by atoms with Crippen LogP contribution in [-0.4, -0.2) is 0 Å². The Hall–Kier alpha value is -0.820. The molecule has 0 spiro atoms. The zero-order chi connectivity index (χ0) is 14.9. The van der Waals surface area contributed by atoms with E-state index >= 15 is 0 Å². The van der Waals surface area contributed by atoms with E-state index in [1.54, 1.807) is 12.1 Å². The summed E-state index contributed by atoms with van der Waals surface area (Å²) in [5.74, 6) is 0. The van der Waals surface area contributed by atoms with Crippen molar-refractivity contribution in [3.63, 3.8) is 0 Å². The fourth-order valence-corrected chi connectivity index (χ4v) is 3.23. The average Bonchev–Trinajstić information content (AvgIpc) is 2.36. The zero-order valence-corrected chi connectivity index (χ0v) is 14.1. The van der Waals surface area contributed by atoms with Crippen LogP contribution in [0.15, 0.2) is 36.4 Å². The molecule has 2 rings (SSSR count). The summed E-state index contributed by atoms with van der Waals surface area (Å²) in [6.07, 6.45) is -4.35.